The molecule has 0 spiro atoms. The molecule has 0 saturated carbocycles. The Morgan fingerprint density at radius 3 is 1.02 bits per heavy atom. The number of esters is 3. The second kappa shape index (κ2) is 36.7. The van der Waals surface area contributed by atoms with Gasteiger partial charge in [-0.25, -0.2) is 0 Å². The zero-order chi connectivity index (χ0) is 35.3. The lowest BCUT2D eigenvalue weighted by Crippen LogP contribution is -2.30. The molecule has 0 aromatic rings. The second-order valence-electron chi connectivity index (χ2n) is 14.7. The molecule has 0 aliphatic heterocycles. The third-order valence-corrected chi connectivity index (χ3v) is 9.29. The monoisotopic (exact) mass is 681 g/mol. The fourth-order valence-corrected chi connectivity index (χ4v) is 6.10. The van der Waals surface area contributed by atoms with E-state index in [1.807, 2.05) is 0 Å². The Bertz CT molecular complexity index is 721. The van der Waals surface area contributed by atoms with Gasteiger partial charge < -0.3 is 14.2 Å². The summed E-state index contributed by atoms with van der Waals surface area (Å²) in [5, 5.41) is 0. The highest BCUT2D eigenvalue weighted by Crippen LogP contribution is 2.15. The predicted molar refractivity (Wildman–Crippen MR) is 201 cm³/mol. The van der Waals surface area contributed by atoms with Crippen molar-refractivity contribution in [3.05, 3.63) is 0 Å². The summed E-state index contributed by atoms with van der Waals surface area (Å²) in [6.07, 6.45) is 34.2. The molecule has 0 heterocycles. The smallest absolute Gasteiger partial charge is 0.306 e. The van der Waals surface area contributed by atoms with Crippen LogP contribution in [0.1, 0.15) is 227 Å². The van der Waals surface area contributed by atoms with Crippen LogP contribution in [-0.2, 0) is 28.6 Å². The molecule has 0 aliphatic rings. The highest BCUT2D eigenvalue weighted by atomic mass is 16.6. The van der Waals surface area contributed by atoms with Crippen LogP contribution >= 0.6 is 0 Å². The Morgan fingerprint density at radius 2 is 0.688 bits per heavy atom. The molecule has 0 aromatic heterocycles. The molecule has 6 nitrogen and oxygen atoms in total. The topological polar surface area (TPSA) is 78.9 Å². The van der Waals surface area contributed by atoms with Gasteiger partial charge in [-0.2, -0.15) is 0 Å². The molecule has 0 N–H and O–H groups in total. The average molecular weight is 681 g/mol. The summed E-state index contributed by atoms with van der Waals surface area (Å²) >= 11 is 0. The SMILES string of the molecule is CCCCCCCCCCCCCCCCCCC(=O)OC[C@@H](COC(=O)CCCCCCC)OC(=O)CCCCCCCCC(C)C. The fourth-order valence-electron chi connectivity index (χ4n) is 6.10. The summed E-state index contributed by atoms with van der Waals surface area (Å²) in [5.74, 6) is -0.120. The van der Waals surface area contributed by atoms with E-state index in [4.69, 9.17) is 14.2 Å². The molecule has 0 radical (unpaired) electrons. The maximum absolute atomic E-state index is 12.6. The minimum Gasteiger partial charge on any atom is -0.462 e. The molecule has 0 aromatic carbocycles. The highest BCUT2D eigenvalue weighted by Gasteiger charge is 2.19. The maximum Gasteiger partial charge on any atom is 0.306 e. The van der Waals surface area contributed by atoms with Crippen molar-refractivity contribution in [2.75, 3.05) is 13.2 Å². The molecule has 1 atom stereocenters. The van der Waals surface area contributed by atoms with E-state index in [2.05, 4.69) is 27.7 Å². The number of carbonyl (C=O) groups excluding carboxylic acids is 3. The summed E-state index contributed by atoms with van der Waals surface area (Å²) in [6.45, 7) is 8.83. The van der Waals surface area contributed by atoms with E-state index in [9.17, 15) is 14.4 Å². The molecule has 0 unspecified atom stereocenters. The van der Waals surface area contributed by atoms with Crippen LogP contribution in [0.5, 0.6) is 0 Å². The first-order valence-corrected chi connectivity index (χ1v) is 20.9. The summed E-state index contributed by atoms with van der Waals surface area (Å²) < 4.78 is 16.5. The Hall–Kier alpha value is -1.59. The van der Waals surface area contributed by atoms with Gasteiger partial charge in [-0.05, 0) is 25.2 Å². The van der Waals surface area contributed by atoms with Gasteiger partial charge >= 0.3 is 17.9 Å². The highest BCUT2D eigenvalue weighted by molar-refractivity contribution is 5.71. The van der Waals surface area contributed by atoms with Crippen molar-refractivity contribution >= 4 is 17.9 Å². The van der Waals surface area contributed by atoms with Gasteiger partial charge in [0.15, 0.2) is 6.10 Å². The molecule has 48 heavy (non-hydrogen) atoms. The lowest BCUT2D eigenvalue weighted by Gasteiger charge is -2.18. The largest absolute Gasteiger partial charge is 0.462 e. The molecule has 0 saturated heterocycles. The Kier molecular flexibility index (Phi) is 35.5. The van der Waals surface area contributed by atoms with Crippen LogP contribution in [0.4, 0.5) is 0 Å². The number of ether oxygens (including phenoxy) is 3. The minimum atomic E-state index is -0.757. The minimum absolute atomic E-state index is 0.0664. The van der Waals surface area contributed by atoms with E-state index in [0.717, 1.165) is 70.1 Å². The molecule has 284 valence electrons. The van der Waals surface area contributed by atoms with Crippen molar-refractivity contribution in [1.29, 1.82) is 0 Å². The molecule has 6 heteroatoms. The van der Waals surface area contributed by atoms with Crippen molar-refractivity contribution < 1.29 is 28.6 Å². The number of unbranched alkanes of at least 4 members (excludes halogenated alkanes) is 24. The number of hydrogen-bond donors (Lipinski definition) is 0. The van der Waals surface area contributed by atoms with Crippen LogP contribution in [0.2, 0.25) is 0 Å². The predicted octanol–water partition coefficient (Wildman–Crippen LogP) is 12.8. The first-order chi connectivity index (χ1) is 23.4. The molecular weight excluding hydrogens is 600 g/mol. The number of carbonyl (C=O) groups is 3. The van der Waals surface area contributed by atoms with Crippen LogP contribution < -0.4 is 0 Å². The molecule has 0 fully saturated rings. The van der Waals surface area contributed by atoms with Gasteiger partial charge in [-0.3, -0.25) is 14.4 Å². The lowest BCUT2D eigenvalue weighted by atomic mass is 10.0. The van der Waals surface area contributed by atoms with Gasteiger partial charge in [0.05, 0.1) is 0 Å². The second-order valence-corrected chi connectivity index (χ2v) is 14.7. The quantitative estimate of drug-likeness (QED) is 0.0369. The molecule has 0 amide bonds. The van der Waals surface area contributed by atoms with E-state index < -0.39 is 6.10 Å². The van der Waals surface area contributed by atoms with Crippen LogP contribution in [-0.4, -0.2) is 37.2 Å². The first-order valence-electron chi connectivity index (χ1n) is 20.9. The lowest BCUT2D eigenvalue weighted by molar-refractivity contribution is -0.167. The van der Waals surface area contributed by atoms with E-state index >= 15 is 0 Å². The Morgan fingerprint density at radius 1 is 0.396 bits per heavy atom. The van der Waals surface area contributed by atoms with Crippen LogP contribution in [0.25, 0.3) is 0 Å². The summed E-state index contributed by atoms with van der Waals surface area (Å²) in [7, 11) is 0. The van der Waals surface area contributed by atoms with E-state index in [1.54, 1.807) is 0 Å². The van der Waals surface area contributed by atoms with Gasteiger partial charge in [0, 0.05) is 19.3 Å². The average Bonchev–Trinajstić information content (AvgIpc) is 3.06. The Balaban J connectivity index is 4.16. The zero-order valence-electron chi connectivity index (χ0n) is 32.4. The van der Waals surface area contributed by atoms with Crippen molar-refractivity contribution in [1.82, 2.24) is 0 Å². The summed E-state index contributed by atoms with van der Waals surface area (Å²) in [5.41, 5.74) is 0. The normalized spacial score (nSPS) is 11.9. The van der Waals surface area contributed by atoms with Gasteiger partial charge in [0.25, 0.3) is 0 Å². The van der Waals surface area contributed by atoms with Gasteiger partial charge in [-0.1, -0.05) is 188 Å². The summed E-state index contributed by atoms with van der Waals surface area (Å²) in [4.78, 5) is 37.3. The van der Waals surface area contributed by atoms with E-state index in [1.165, 1.54) is 116 Å². The third-order valence-electron chi connectivity index (χ3n) is 9.29. The summed E-state index contributed by atoms with van der Waals surface area (Å²) in [6, 6.07) is 0. The van der Waals surface area contributed by atoms with Crippen molar-refractivity contribution in [2.24, 2.45) is 5.92 Å². The maximum atomic E-state index is 12.6. The van der Waals surface area contributed by atoms with E-state index in [0.29, 0.717) is 19.3 Å². The Labute approximate surface area is 298 Å². The van der Waals surface area contributed by atoms with Crippen molar-refractivity contribution in [3.8, 4) is 0 Å². The van der Waals surface area contributed by atoms with E-state index in [-0.39, 0.29) is 31.1 Å². The van der Waals surface area contributed by atoms with Crippen molar-refractivity contribution in [3.63, 3.8) is 0 Å². The molecule has 0 bridgehead atoms. The van der Waals surface area contributed by atoms with Gasteiger partial charge in [0.1, 0.15) is 13.2 Å². The van der Waals surface area contributed by atoms with Gasteiger partial charge in [-0.15, -0.1) is 0 Å². The fraction of sp³-hybridized carbons (Fsp3) is 0.929. The first kappa shape index (κ1) is 46.4. The van der Waals surface area contributed by atoms with Gasteiger partial charge in [0.2, 0.25) is 0 Å². The van der Waals surface area contributed by atoms with Crippen LogP contribution in [0.3, 0.4) is 0 Å². The number of rotatable bonds is 37. The van der Waals surface area contributed by atoms with Crippen molar-refractivity contribution in [2.45, 2.75) is 233 Å². The standard InChI is InChI=1S/C42H80O6/c1-5-7-9-11-12-13-14-15-16-17-18-19-20-21-26-30-34-41(44)47-37-39(36-46-40(43)33-29-24-10-8-6-2)48-42(45)35-31-27-23-22-25-28-32-38(3)4/h38-39H,5-37H2,1-4H3/t39-/m1/s1. The van der Waals surface area contributed by atoms with Crippen LogP contribution in [0, 0.1) is 5.92 Å². The van der Waals surface area contributed by atoms with Crippen LogP contribution in [0.15, 0.2) is 0 Å². The molecular formula is C42H80O6. The molecule has 0 rings (SSSR count). The zero-order valence-corrected chi connectivity index (χ0v) is 32.4. The number of hydrogen-bond acceptors (Lipinski definition) is 6. The molecule has 0 aliphatic carbocycles. The third kappa shape index (κ3) is 35.7.